The summed E-state index contributed by atoms with van der Waals surface area (Å²) in [5.41, 5.74) is 0. The largest absolute Gasteiger partial charge is 0.355 e. The number of amides is 1. The fourth-order valence-corrected chi connectivity index (χ4v) is 3.63. The second-order valence-corrected chi connectivity index (χ2v) is 6.21. The third-order valence-electron chi connectivity index (χ3n) is 4.84. The molecule has 1 aliphatic heterocycles. The van der Waals surface area contributed by atoms with Gasteiger partial charge in [0.1, 0.15) is 0 Å². The Labute approximate surface area is 111 Å². The van der Waals surface area contributed by atoms with Crippen LogP contribution < -0.4 is 10.6 Å². The van der Waals surface area contributed by atoms with Gasteiger partial charge in [-0.05, 0) is 56.9 Å². The van der Waals surface area contributed by atoms with E-state index in [4.69, 9.17) is 0 Å². The Morgan fingerprint density at radius 1 is 1.17 bits per heavy atom. The zero-order valence-electron chi connectivity index (χ0n) is 11.9. The average Bonchev–Trinajstić information content (AvgIpc) is 2.40. The van der Waals surface area contributed by atoms with Crippen molar-refractivity contribution >= 4 is 5.91 Å². The van der Waals surface area contributed by atoms with Crippen LogP contribution in [0.4, 0.5) is 0 Å². The summed E-state index contributed by atoms with van der Waals surface area (Å²) in [5.74, 6) is 2.76. The van der Waals surface area contributed by atoms with E-state index in [1.54, 1.807) is 0 Å². The zero-order chi connectivity index (χ0) is 13.0. The van der Waals surface area contributed by atoms with Gasteiger partial charge in [-0.15, -0.1) is 0 Å². The van der Waals surface area contributed by atoms with Crippen LogP contribution in [0.2, 0.25) is 0 Å². The third kappa shape index (κ3) is 3.47. The first-order valence-electron chi connectivity index (χ1n) is 7.71. The average molecular weight is 252 g/mol. The van der Waals surface area contributed by atoms with Crippen LogP contribution in [0.3, 0.4) is 0 Å². The van der Waals surface area contributed by atoms with Crippen molar-refractivity contribution in [2.24, 2.45) is 17.8 Å². The van der Waals surface area contributed by atoms with Gasteiger partial charge in [0.25, 0.3) is 0 Å². The van der Waals surface area contributed by atoms with Crippen LogP contribution in [-0.4, -0.2) is 25.0 Å². The summed E-state index contributed by atoms with van der Waals surface area (Å²) < 4.78 is 0. The Hall–Kier alpha value is -0.570. The molecule has 1 aliphatic carbocycles. The highest BCUT2D eigenvalue weighted by atomic mass is 16.2. The van der Waals surface area contributed by atoms with Gasteiger partial charge in [-0.3, -0.25) is 4.79 Å². The first kappa shape index (κ1) is 13.9. The van der Waals surface area contributed by atoms with E-state index in [1.807, 2.05) is 6.92 Å². The molecule has 1 saturated carbocycles. The number of carbonyl (C=O) groups is 1. The van der Waals surface area contributed by atoms with Gasteiger partial charge < -0.3 is 10.6 Å². The van der Waals surface area contributed by atoms with Gasteiger partial charge in [0.05, 0.1) is 6.04 Å². The predicted octanol–water partition coefficient (Wildman–Crippen LogP) is 2.32. The van der Waals surface area contributed by atoms with Crippen molar-refractivity contribution in [3.8, 4) is 0 Å². The number of piperidine rings is 1. The van der Waals surface area contributed by atoms with Crippen LogP contribution in [0.25, 0.3) is 0 Å². The van der Waals surface area contributed by atoms with E-state index in [9.17, 15) is 4.79 Å². The molecule has 1 saturated heterocycles. The summed E-state index contributed by atoms with van der Waals surface area (Å²) in [4.78, 5) is 11.9. The number of hydrogen-bond donors (Lipinski definition) is 2. The van der Waals surface area contributed by atoms with E-state index in [-0.39, 0.29) is 11.9 Å². The predicted molar refractivity (Wildman–Crippen MR) is 74.3 cm³/mol. The number of nitrogens with one attached hydrogen (secondary N) is 2. The number of likely N-dealkylation sites (N-methyl/N-ethyl adjacent to an activating group) is 1. The molecule has 3 heteroatoms. The molecule has 2 unspecified atom stereocenters. The zero-order valence-corrected chi connectivity index (χ0v) is 11.9. The summed E-state index contributed by atoms with van der Waals surface area (Å²) in [7, 11) is 0. The lowest BCUT2D eigenvalue weighted by Gasteiger charge is -2.37. The molecule has 18 heavy (non-hydrogen) atoms. The van der Waals surface area contributed by atoms with Crippen LogP contribution in [0, 0.1) is 17.8 Å². The van der Waals surface area contributed by atoms with Crippen LogP contribution >= 0.6 is 0 Å². The molecule has 3 nitrogen and oxygen atoms in total. The highest BCUT2D eigenvalue weighted by molar-refractivity contribution is 5.81. The molecule has 0 aromatic heterocycles. The Morgan fingerprint density at radius 3 is 2.56 bits per heavy atom. The Bertz CT molecular complexity index is 272. The first-order valence-corrected chi connectivity index (χ1v) is 7.71. The minimum absolute atomic E-state index is 0.0584. The summed E-state index contributed by atoms with van der Waals surface area (Å²) in [6.07, 6.45) is 7.85. The number of carbonyl (C=O) groups excluding carboxylic acids is 1. The molecule has 2 fully saturated rings. The molecule has 0 aromatic rings. The summed E-state index contributed by atoms with van der Waals surface area (Å²) in [5, 5.41) is 6.31. The summed E-state index contributed by atoms with van der Waals surface area (Å²) >= 11 is 0. The van der Waals surface area contributed by atoms with Gasteiger partial charge in [-0.1, -0.05) is 19.8 Å². The molecule has 2 N–H and O–H groups in total. The Morgan fingerprint density at radius 2 is 1.89 bits per heavy atom. The molecule has 0 aromatic carbocycles. The molecule has 1 amide bonds. The van der Waals surface area contributed by atoms with Gasteiger partial charge in [-0.25, -0.2) is 0 Å². The van der Waals surface area contributed by atoms with Crippen molar-refractivity contribution in [2.45, 2.75) is 58.4 Å². The lowest BCUT2D eigenvalue weighted by Crippen LogP contribution is -2.49. The van der Waals surface area contributed by atoms with Crippen LogP contribution in [0.1, 0.15) is 52.4 Å². The van der Waals surface area contributed by atoms with Crippen molar-refractivity contribution in [3.63, 3.8) is 0 Å². The molecule has 2 atom stereocenters. The smallest absolute Gasteiger partial charge is 0.237 e. The highest BCUT2D eigenvalue weighted by Crippen LogP contribution is 2.37. The first-order chi connectivity index (χ1) is 8.70. The van der Waals surface area contributed by atoms with Crippen LogP contribution in [0.5, 0.6) is 0 Å². The molecule has 0 spiro atoms. The van der Waals surface area contributed by atoms with Gasteiger partial charge in [0.15, 0.2) is 0 Å². The van der Waals surface area contributed by atoms with E-state index in [0.717, 1.165) is 37.3 Å². The quantitative estimate of drug-likeness (QED) is 0.809. The topological polar surface area (TPSA) is 41.1 Å². The highest BCUT2D eigenvalue weighted by Gasteiger charge is 2.32. The van der Waals surface area contributed by atoms with Crippen molar-refractivity contribution in [1.29, 1.82) is 0 Å². The minimum atomic E-state index is 0.0584. The van der Waals surface area contributed by atoms with Gasteiger partial charge in [-0.2, -0.15) is 0 Å². The van der Waals surface area contributed by atoms with Gasteiger partial charge in [0.2, 0.25) is 5.91 Å². The molecule has 0 bridgehead atoms. The maximum Gasteiger partial charge on any atom is 0.237 e. The van der Waals surface area contributed by atoms with Gasteiger partial charge >= 0.3 is 0 Å². The molecule has 2 aliphatic rings. The fraction of sp³-hybridized carbons (Fsp3) is 0.933. The van der Waals surface area contributed by atoms with Crippen LogP contribution in [-0.2, 0) is 4.79 Å². The number of hydrogen-bond acceptors (Lipinski definition) is 2. The standard InChI is InChI=1S/C15H28N2O/c1-3-16-15(18)14-10-13(8-9-17-14)12-6-4-11(2)5-7-12/h11-14,17H,3-10H2,1-2H3,(H,16,18). The van der Waals surface area contributed by atoms with E-state index in [1.165, 1.54) is 32.1 Å². The molecule has 2 rings (SSSR count). The third-order valence-corrected chi connectivity index (χ3v) is 4.84. The van der Waals surface area contributed by atoms with E-state index in [2.05, 4.69) is 17.6 Å². The summed E-state index contributed by atoms with van der Waals surface area (Å²) in [6.45, 7) is 6.11. The molecule has 1 heterocycles. The maximum absolute atomic E-state index is 11.9. The van der Waals surface area contributed by atoms with Crippen molar-refractivity contribution in [3.05, 3.63) is 0 Å². The Kier molecular flexibility index (Phi) is 5.04. The molecular formula is C15H28N2O. The monoisotopic (exact) mass is 252 g/mol. The summed E-state index contributed by atoms with van der Waals surface area (Å²) in [6, 6.07) is 0.0584. The maximum atomic E-state index is 11.9. The van der Waals surface area contributed by atoms with Crippen molar-refractivity contribution in [1.82, 2.24) is 10.6 Å². The molecule has 0 radical (unpaired) electrons. The molecule has 104 valence electrons. The van der Waals surface area contributed by atoms with E-state index >= 15 is 0 Å². The second-order valence-electron chi connectivity index (χ2n) is 6.21. The fourth-order valence-electron chi connectivity index (χ4n) is 3.63. The van der Waals surface area contributed by atoms with E-state index < -0.39 is 0 Å². The van der Waals surface area contributed by atoms with Crippen molar-refractivity contribution in [2.75, 3.05) is 13.1 Å². The Balaban J connectivity index is 1.84. The minimum Gasteiger partial charge on any atom is -0.355 e. The van der Waals surface area contributed by atoms with Crippen LogP contribution in [0.15, 0.2) is 0 Å². The number of rotatable bonds is 3. The normalized spacial score (nSPS) is 37.2. The molecular weight excluding hydrogens is 224 g/mol. The van der Waals surface area contributed by atoms with Crippen molar-refractivity contribution < 1.29 is 4.79 Å². The van der Waals surface area contributed by atoms with E-state index in [0.29, 0.717) is 0 Å². The second kappa shape index (κ2) is 6.55. The lowest BCUT2D eigenvalue weighted by atomic mass is 9.72. The van der Waals surface area contributed by atoms with Gasteiger partial charge in [0, 0.05) is 6.54 Å². The SMILES string of the molecule is CCNC(=O)C1CC(C2CCC(C)CC2)CCN1. The lowest BCUT2D eigenvalue weighted by molar-refractivity contribution is -0.124.